The van der Waals surface area contributed by atoms with Crippen LogP contribution in [0.15, 0.2) is 194 Å². The van der Waals surface area contributed by atoms with Gasteiger partial charge in [0, 0.05) is 38.6 Å². The number of hydrogen-bond donors (Lipinski definition) is 0. The second kappa shape index (κ2) is 14.5. The second-order valence-corrected chi connectivity index (χ2v) is 14.1. The Balaban J connectivity index is 1.13. The van der Waals surface area contributed by atoms with E-state index >= 15 is 0 Å². The Kier molecular flexibility index (Phi) is 8.62. The molecule has 9 aromatic rings. The van der Waals surface area contributed by atoms with Crippen molar-refractivity contribution >= 4 is 27.2 Å². The molecule has 0 aliphatic heterocycles. The maximum Gasteiger partial charge on any atom is 0.160 e. The minimum absolute atomic E-state index is 0.692. The topological polar surface area (TPSA) is 51.6 Å². The molecular weight excluding hydrogens is 681 g/mol. The Morgan fingerprint density at radius 3 is 1.55 bits per heavy atom. The molecule has 0 atom stereocenters. The number of aromatic nitrogens is 4. The molecule has 0 unspecified atom stereocenters. The van der Waals surface area contributed by atoms with Crippen LogP contribution >= 0.6 is 0 Å². The third-order valence-corrected chi connectivity index (χ3v) is 10.5. The number of benzene rings is 7. The van der Waals surface area contributed by atoms with Crippen molar-refractivity contribution in [3.05, 3.63) is 200 Å². The number of fused-ring (bicyclic) bond motifs is 3. The molecule has 56 heavy (non-hydrogen) atoms. The summed E-state index contributed by atoms with van der Waals surface area (Å²) in [5.74, 6) is 0.692. The van der Waals surface area contributed by atoms with Crippen LogP contribution < -0.4 is 0 Å². The van der Waals surface area contributed by atoms with E-state index in [9.17, 15) is 0 Å². The standard InChI is InChI=1S/C52H36N4/c1-5-18-36(19-6-1)46-45-32-31-35-17-13-14-30-44(35)51(45)56-52(55-46)43-29-16-27-41(34-43)40-26-15-28-42(33-40)50-49(39-24-11-4-12-25-39)53-47(37-20-7-2-8-21-37)48(54-50)38-22-9-3-10-23-38/h1,3-7,9-34H,2,8H2. The first kappa shape index (κ1) is 33.3. The number of rotatable bonds is 7. The van der Waals surface area contributed by atoms with E-state index in [2.05, 4.69) is 176 Å². The van der Waals surface area contributed by atoms with Gasteiger partial charge in [0.25, 0.3) is 0 Å². The minimum atomic E-state index is 0.692. The Morgan fingerprint density at radius 1 is 0.339 bits per heavy atom. The van der Waals surface area contributed by atoms with E-state index < -0.39 is 0 Å². The largest absolute Gasteiger partial charge is 0.243 e. The van der Waals surface area contributed by atoms with Gasteiger partial charge in [-0.25, -0.2) is 19.9 Å². The van der Waals surface area contributed by atoms with Crippen LogP contribution in [0.25, 0.3) is 94.8 Å². The SMILES string of the molecule is C1=CC(c2nc(-c3ccccc3)c(-c3cccc(-c4cccc(-c5nc(-c6ccccc6)c6ccc7ccccc7c6n5)c4)c3)nc2-c2ccccc2)=CCC1. The van der Waals surface area contributed by atoms with Gasteiger partial charge in [0.05, 0.1) is 34.0 Å². The molecule has 0 bridgehead atoms. The van der Waals surface area contributed by atoms with Crippen molar-refractivity contribution in [1.82, 2.24) is 19.9 Å². The highest BCUT2D eigenvalue weighted by molar-refractivity contribution is 6.09. The molecule has 0 amide bonds. The number of allylic oxidation sites excluding steroid dienone is 4. The zero-order chi connectivity index (χ0) is 37.3. The zero-order valence-electron chi connectivity index (χ0n) is 30.7. The Morgan fingerprint density at radius 2 is 0.875 bits per heavy atom. The molecule has 7 aromatic carbocycles. The first-order valence-electron chi connectivity index (χ1n) is 19.1. The number of hydrogen-bond acceptors (Lipinski definition) is 4. The molecule has 4 nitrogen and oxygen atoms in total. The van der Waals surface area contributed by atoms with Gasteiger partial charge >= 0.3 is 0 Å². The maximum atomic E-state index is 5.50. The van der Waals surface area contributed by atoms with E-state index in [-0.39, 0.29) is 0 Å². The summed E-state index contributed by atoms with van der Waals surface area (Å²) in [7, 11) is 0. The molecule has 0 fully saturated rings. The molecule has 0 N–H and O–H groups in total. The van der Waals surface area contributed by atoms with E-state index in [1.54, 1.807) is 0 Å². The summed E-state index contributed by atoms with van der Waals surface area (Å²) >= 11 is 0. The molecule has 264 valence electrons. The summed E-state index contributed by atoms with van der Waals surface area (Å²) in [4.78, 5) is 21.4. The predicted octanol–water partition coefficient (Wildman–Crippen LogP) is 13.3. The van der Waals surface area contributed by atoms with Gasteiger partial charge in [-0.05, 0) is 53.1 Å². The highest BCUT2D eigenvalue weighted by Crippen LogP contribution is 2.39. The minimum Gasteiger partial charge on any atom is -0.243 e. The molecule has 0 saturated heterocycles. The quantitative estimate of drug-likeness (QED) is 0.154. The highest BCUT2D eigenvalue weighted by atomic mass is 14.9. The molecule has 10 rings (SSSR count). The van der Waals surface area contributed by atoms with Crippen molar-refractivity contribution in [3.8, 4) is 67.5 Å². The lowest BCUT2D eigenvalue weighted by Crippen LogP contribution is -2.03. The van der Waals surface area contributed by atoms with Crippen molar-refractivity contribution in [1.29, 1.82) is 0 Å². The van der Waals surface area contributed by atoms with E-state index in [0.717, 1.165) is 108 Å². The monoisotopic (exact) mass is 716 g/mol. The van der Waals surface area contributed by atoms with Crippen LogP contribution in [-0.4, -0.2) is 19.9 Å². The maximum absolute atomic E-state index is 5.50. The molecule has 0 saturated carbocycles. The van der Waals surface area contributed by atoms with E-state index in [4.69, 9.17) is 19.9 Å². The van der Waals surface area contributed by atoms with Gasteiger partial charge < -0.3 is 0 Å². The Hall–Kier alpha value is -7.30. The normalized spacial score (nSPS) is 12.5. The molecule has 1 aliphatic carbocycles. The van der Waals surface area contributed by atoms with Gasteiger partial charge in [-0.1, -0.05) is 176 Å². The summed E-state index contributed by atoms with van der Waals surface area (Å²) in [6, 6.07) is 61.2. The van der Waals surface area contributed by atoms with Crippen LogP contribution in [0.5, 0.6) is 0 Å². The van der Waals surface area contributed by atoms with Gasteiger partial charge in [0.15, 0.2) is 5.82 Å². The first-order chi connectivity index (χ1) is 27.8. The van der Waals surface area contributed by atoms with Crippen molar-refractivity contribution in [2.75, 3.05) is 0 Å². The third kappa shape index (κ3) is 6.27. The lowest BCUT2D eigenvalue weighted by atomic mass is 9.95. The van der Waals surface area contributed by atoms with Crippen molar-refractivity contribution < 1.29 is 0 Å². The van der Waals surface area contributed by atoms with Crippen molar-refractivity contribution in [3.63, 3.8) is 0 Å². The van der Waals surface area contributed by atoms with Gasteiger partial charge in [-0.2, -0.15) is 0 Å². The van der Waals surface area contributed by atoms with Crippen molar-refractivity contribution in [2.45, 2.75) is 12.8 Å². The molecular formula is C52H36N4. The van der Waals surface area contributed by atoms with Crippen LogP contribution in [0.2, 0.25) is 0 Å². The first-order valence-corrected chi connectivity index (χ1v) is 19.1. The van der Waals surface area contributed by atoms with Crippen LogP contribution in [0.1, 0.15) is 18.5 Å². The fourth-order valence-electron chi connectivity index (χ4n) is 7.71. The smallest absolute Gasteiger partial charge is 0.160 e. The Labute approximate surface area is 326 Å². The highest BCUT2D eigenvalue weighted by Gasteiger charge is 2.21. The fraction of sp³-hybridized carbons (Fsp3) is 0.0385. The molecule has 1 aliphatic rings. The van der Waals surface area contributed by atoms with Crippen molar-refractivity contribution in [2.24, 2.45) is 0 Å². The summed E-state index contributed by atoms with van der Waals surface area (Å²) in [5.41, 5.74) is 13.7. The van der Waals surface area contributed by atoms with E-state index in [1.807, 2.05) is 18.2 Å². The summed E-state index contributed by atoms with van der Waals surface area (Å²) in [6.45, 7) is 0. The molecule has 0 radical (unpaired) electrons. The molecule has 0 spiro atoms. The Bertz CT molecular complexity index is 2950. The zero-order valence-corrected chi connectivity index (χ0v) is 30.7. The van der Waals surface area contributed by atoms with E-state index in [1.165, 1.54) is 0 Å². The second-order valence-electron chi connectivity index (χ2n) is 14.1. The lowest BCUT2D eigenvalue weighted by Gasteiger charge is -2.18. The average Bonchev–Trinajstić information content (AvgIpc) is 3.29. The average molecular weight is 717 g/mol. The molecule has 4 heteroatoms. The predicted molar refractivity (Wildman–Crippen MR) is 232 cm³/mol. The lowest BCUT2D eigenvalue weighted by molar-refractivity contribution is 1.03. The van der Waals surface area contributed by atoms with Gasteiger partial charge in [0.2, 0.25) is 0 Å². The van der Waals surface area contributed by atoms with Gasteiger partial charge in [0.1, 0.15) is 0 Å². The van der Waals surface area contributed by atoms with Gasteiger partial charge in [-0.3, -0.25) is 0 Å². The summed E-state index contributed by atoms with van der Waals surface area (Å²) in [6.07, 6.45) is 8.72. The van der Waals surface area contributed by atoms with Crippen LogP contribution in [0.4, 0.5) is 0 Å². The fourth-order valence-corrected chi connectivity index (χ4v) is 7.71. The number of nitrogens with zero attached hydrogens (tertiary/aromatic N) is 4. The van der Waals surface area contributed by atoms with E-state index in [0.29, 0.717) is 5.82 Å². The van der Waals surface area contributed by atoms with Gasteiger partial charge in [-0.15, -0.1) is 0 Å². The molecule has 2 aromatic heterocycles. The summed E-state index contributed by atoms with van der Waals surface area (Å²) in [5, 5.41) is 3.30. The van der Waals surface area contributed by atoms with Crippen LogP contribution in [0.3, 0.4) is 0 Å². The molecule has 2 heterocycles. The third-order valence-electron chi connectivity index (χ3n) is 10.5. The van der Waals surface area contributed by atoms with Crippen LogP contribution in [0, 0.1) is 0 Å². The summed E-state index contributed by atoms with van der Waals surface area (Å²) < 4.78 is 0. The van der Waals surface area contributed by atoms with Crippen LogP contribution in [-0.2, 0) is 0 Å².